The van der Waals surface area contributed by atoms with Crippen LogP contribution >= 0.6 is 0 Å². The normalized spacial score (nSPS) is 10.9. The number of carbonyl (C=O) groups is 1. The van der Waals surface area contributed by atoms with E-state index in [0.717, 1.165) is 42.6 Å². The third kappa shape index (κ3) is 6.26. The number of rotatable bonds is 10. The molecule has 0 saturated carbocycles. The van der Waals surface area contributed by atoms with Gasteiger partial charge in [0, 0.05) is 18.7 Å². The summed E-state index contributed by atoms with van der Waals surface area (Å²) in [6.45, 7) is 3.83. The molecule has 0 atom stereocenters. The maximum atomic E-state index is 12.4. The predicted molar refractivity (Wildman–Crippen MR) is 108 cm³/mol. The summed E-state index contributed by atoms with van der Waals surface area (Å²) in [5, 5.41) is 3.00. The number of amides is 1. The Hall–Kier alpha value is -2.21. The first kappa shape index (κ1) is 20.1. The number of nitrogens with zero attached hydrogens (tertiary/aromatic N) is 1. The van der Waals surface area contributed by atoms with E-state index in [2.05, 4.69) is 23.3 Å². The van der Waals surface area contributed by atoms with Gasteiger partial charge in [-0.05, 0) is 74.4 Å². The van der Waals surface area contributed by atoms with Crippen molar-refractivity contribution in [2.24, 2.45) is 11.5 Å². The van der Waals surface area contributed by atoms with Gasteiger partial charge in [-0.2, -0.15) is 0 Å². The average Bonchev–Trinajstić information content (AvgIpc) is 2.69. The Labute approximate surface area is 156 Å². The van der Waals surface area contributed by atoms with Gasteiger partial charge < -0.3 is 21.7 Å². The van der Waals surface area contributed by atoms with E-state index in [9.17, 15) is 4.79 Å². The van der Waals surface area contributed by atoms with Crippen molar-refractivity contribution in [1.82, 2.24) is 10.2 Å². The molecular formula is C21H30N4O. The highest BCUT2D eigenvalue weighted by atomic mass is 16.1. The summed E-state index contributed by atoms with van der Waals surface area (Å²) in [7, 11) is 2.08. The maximum Gasteiger partial charge on any atom is 0.251 e. The van der Waals surface area contributed by atoms with Gasteiger partial charge in [0.1, 0.15) is 0 Å². The van der Waals surface area contributed by atoms with Gasteiger partial charge >= 0.3 is 0 Å². The molecule has 5 heteroatoms. The molecule has 5 N–H and O–H groups in total. The van der Waals surface area contributed by atoms with Crippen LogP contribution in [0.5, 0.6) is 0 Å². The maximum absolute atomic E-state index is 12.4. The van der Waals surface area contributed by atoms with E-state index in [1.807, 2.05) is 42.5 Å². The second-order valence-electron chi connectivity index (χ2n) is 6.54. The van der Waals surface area contributed by atoms with Gasteiger partial charge in [0.05, 0.1) is 0 Å². The van der Waals surface area contributed by atoms with E-state index < -0.39 is 0 Å². The topological polar surface area (TPSA) is 84.4 Å². The molecule has 5 nitrogen and oxygen atoms in total. The van der Waals surface area contributed by atoms with Crippen molar-refractivity contribution in [1.29, 1.82) is 0 Å². The van der Waals surface area contributed by atoms with Crippen LogP contribution in [-0.4, -0.2) is 44.0 Å². The molecule has 0 aliphatic rings. The molecule has 0 saturated heterocycles. The van der Waals surface area contributed by atoms with Gasteiger partial charge in [-0.25, -0.2) is 0 Å². The van der Waals surface area contributed by atoms with Crippen LogP contribution in [-0.2, 0) is 6.54 Å². The van der Waals surface area contributed by atoms with Crippen LogP contribution < -0.4 is 16.8 Å². The summed E-state index contributed by atoms with van der Waals surface area (Å²) in [5.74, 6) is -0.0357. The third-order valence-electron chi connectivity index (χ3n) is 4.37. The number of carbonyl (C=O) groups excluding carboxylic acids is 1. The molecule has 0 radical (unpaired) electrons. The van der Waals surface area contributed by atoms with E-state index in [1.54, 1.807) is 0 Å². The lowest BCUT2D eigenvalue weighted by Crippen LogP contribution is -2.29. The first-order chi connectivity index (χ1) is 12.6. The number of nitrogens with two attached hydrogens (primary N) is 2. The molecule has 0 heterocycles. The average molecular weight is 354 g/mol. The van der Waals surface area contributed by atoms with Crippen molar-refractivity contribution in [2.45, 2.75) is 19.4 Å². The number of benzene rings is 2. The fourth-order valence-corrected chi connectivity index (χ4v) is 2.84. The van der Waals surface area contributed by atoms with Crippen LogP contribution in [0.4, 0.5) is 0 Å². The van der Waals surface area contributed by atoms with E-state index in [4.69, 9.17) is 11.5 Å². The molecule has 0 aliphatic carbocycles. The summed E-state index contributed by atoms with van der Waals surface area (Å²) >= 11 is 0. The van der Waals surface area contributed by atoms with E-state index >= 15 is 0 Å². The Morgan fingerprint density at radius 3 is 2.42 bits per heavy atom. The molecule has 0 aromatic heterocycles. The van der Waals surface area contributed by atoms with Crippen LogP contribution in [0.1, 0.15) is 28.8 Å². The largest absolute Gasteiger partial charge is 0.352 e. The minimum atomic E-state index is -0.0357. The number of hydrogen-bond donors (Lipinski definition) is 3. The van der Waals surface area contributed by atoms with Crippen LogP contribution in [0.2, 0.25) is 0 Å². The third-order valence-corrected chi connectivity index (χ3v) is 4.37. The molecule has 0 fully saturated rings. The highest BCUT2D eigenvalue weighted by Crippen LogP contribution is 2.21. The fourth-order valence-electron chi connectivity index (χ4n) is 2.84. The molecule has 0 unspecified atom stereocenters. The molecule has 0 bridgehead atoms. The highest BCUT2D eigenvalue weighted by Gasteiger charge is 2.07. The SMILES string of the molecule is CN(CCCN)CCCNC(=O)c1cccc(-c2cccc(CN)c2)c1. The fraction of sp³-hybridized carbons (Fsp3) is 0.381. The van der Waals surface area contributed by atoms with Crippen molar-refractivity contribution in [3.05, 3.63) is 59.7 Å². The lowest BCUT2D eigenvalue weighted by Gasteiger charge is -2.16. The monoisotopic (exact) mass is 354 g/mol. The molecule has 0 aliphatic heterocycles. The molecular weight excluding hydrogens is 324 g/mol. The van der Waals surface area contributed by atoms with Gasteiger partial charge in [-0.1, -0.05) is 30.3 Å². The van der Waals surface area contributed by atoms with Crippen LogP contribution in [0.25, 0.3) is 11.1 Å². The summed E-state index contributed by atoms with van der Waals surface area (Å²) < 4.78 is 0. The molecule has 140 valence electrons. The smallest absolute Gasteiger partial charge is 0.251 e. The van der Waals surface area contributed by atoms with Crippen molar-refractivity contribution in [3.8, 4) is 11.1 Å². The minimum absolute atomic E-state index is 0.0357. The predicted octanol–water partition coefficient (Wildman–Crippen LogP) is 2.21. The zero-order valence-corrected chi connectivity index (χ0v) is 15.6. The molecule has 26 heavy (non-hydrogen) atoms. The van der Waals surface area contributed by atoms with E-state index in [0.29, 0.717) is 25.2 Å². The zero-order valence-electron chi connectivity index (χ0n) is 15.6. The highest BCUT2D eigenvalue weighted by molar-refractivity contribution is 5.95. The first-order valence-corrected chi connectivity index (χ1v) is 9.20. The second kappa shape index (κ2) is 10.7. The molecule has 1 amide bonds. The van der Waals surface area contributed by atoms with Gasteiger partial charge in [0.2, 0.25) is 0 Å². The van der Waals surface area contributed by atoms with E-state index in [1.165, 1.54) is 0 Å². The molecule has 2 aromatic rings. The lowest BCUT2D eigenvalue weighted by molar-refractivity contribution is 0.0952. The Kier molecular flexibility index (Phi) is 8.28. The van der Waals surface area contributed by atoms with Crippen LogP contribution in [0.3, 0.4) is 0 Å². The van der Waals surface area contributed by atoms with Gasteiger partial charge in [-0.3, -0.25) is 4.79 Å². The second-order valence-corrected chi connectivity index (χ2v) is 6.54. The Balaban J connectivity index is 1.89. The number of hydrogen-bond acceptors (Lipinski definition) is 4. The van der Waals surface area contributed by atoms with Gasteiger partial charge in [-0.15, -0.1) is 0 Å². The van der Waals surface area contributed by atoms with Crippen molar-refractivity contribution >= 4 is 5.91 Å². The molecule has 0 spiro atoms. The summed E-state index contributed by atoms with van der Waals surface area (Å²) in [4.78, 5) is 14.6. The standard InChI is InChI=1S/C21H30N4O/c1-25(12-4-10-22)13-5-11-24-21(26)20-9-3-8-19(15-20)18-7-2-6-17(14-18)16-23/h2-3,6-9,14-15H,4-5,10-13,16,22-23H2,1H3,(H,24,26). The lowest BCUT2D eigenvalue weighted by atomic mass is 10.0. The van der Waals surface area contributed by atoms with Crippen LogP contribution in [0.15, 0.2) is 48.5 Å². The van der Waals surface area contributed by atoms with Crippen LogP contribution in [0, 0.1) is 0 Å². The Morgan fingerprint density at radius 2 is 1.69 bits per heavy atom. The Morgan fingerprint density at radius 1 is 1.00 bits per heavy atom. The van der Waals surface area contributed by atoms with Gasteiger partial charge in [0.15, 0.2) is 0 Å². The minimum Gasteiger partial charge on any atom is -0.352 e. The van der Waals surface area contributed by atoms with Crippen molar-refractivity contribution in [2.75, 3.05) is 33.2 Å². The number of nitrogens with one attached hydrogen (secondary N) is 1. The quantitative estimate of drug-likeness (QED) is 0.571. The van der Waals surface area contributed by atoms with Gasteiger partial charge in [0.25, 0.3) is 5.91 Å². The molecule has 2 aromatic carbocycles. The summed E-state index contributed by atoms with van der Waals surface area (Å²) in [6, 6.07) is 15.8. The van der Waals surface area contributed by atoms with Crippen molar-refractivity contribution < 1.29 is 4.79 Å². The van der Waals surface area contributed by atoms with E-state index in [-0.39, 0.29) is 5.91 Å². The molecule has 2 rings (SSSR count). The summed E-state index contributed by atoms with van der Waals surface area (Å²) in [5.41, 5.74) is 15.1. The first-order valence-electron chi connectivity index (χ1n) is 9.20. The Bertz CT molecular complexity index is 702. The zero-order chi connectivity index (χ0) is 18.8. The van der Waals surface area contributed by atoms with Crippen molar-refractivity contribution in [3.63, 3.8) is 0 Å². The summed E-state index contributed by atoms with van der Waals surface area (Å²) in [6.07, 6.45) is 1.92.